The van der Waals surface area contributed by atoms with Crippen LogP contribution in [0.25, 0.3) is 0 Å². The Balaban J connectivity index is 1.91. The number of nitrogens with zero attached hydrogens (tertiary/aromatic N) is 4. The zero-order valence-electron chi connectivity index (χ0n) is 12.8. The van der Waals surface area contributed by atoms with E-state index in [1.54, 1.807) is 10.5 Å². The van der Waals surface area contributed by atoms with Crippen LogP contribution < -0.4 is 0 Å². The zero-order valence-corrected chi connectivity index (χ0v) is 13.6. The first-order valence-corrected chi connectivity index (χ1v) is 8.84. The smallest absolute Gasteiger partial charge is 0.282 e. The van der Waals surface area contributed by atoms with Gasteiger partial charge in [0.2, 0.25) is 0 Å². The molecule has 7 heteroatoms. The molecule has 0 radical (unpaired) electrons. The van der Waals surface area contributed by atoms with Crippen molar-refractivity contribution in [3.63, 3.8) is 0 Å². The molecule has 2 rings (SSSR count). The lowest BCUT2D eigenvalue weighted by molar-refractivity contribution is 0.175. The molecule has 0 bridgehead atoms. The standard InChI is InChI=1S/C14H24N4O2S/c1-3-17(4-2)21(19,20)18-10-8-16(9-11-18)13-14-6-5-7-15-12-14/h5-7,12H,3-4,8-11,13H2,1-2H3. The van der Waals surface area contributed by atoms with Crippen LogP contribution in [0, 0.1) is 0 Å². The summed E-state index contributed by atoms with van der Waals surface area (Å²) in [6.07, 6.45) is 3.62. The highest BCUT2D eigenvalue weighted by molar-refractivity contribution is 7.86. The van der Waals surface area contributed by atoms with Gasteiger partial charge in [0, 0.05) is 58.2 Å². The van der Waals surface area contributed by atoms with Crippen molar-refractivity contribution in [3.8, 4) is 0 Å². The SMILES string of the molecule is CCN(CC)S(=O)(=O)N1CCN(Cc2cccnc2)CC1. The molecule has 2 heterocycles. The predicted octanol–water partition coefficient (Wildman–Crippen LogP) is 0.786. The lowest BCUT2D eigenvalue weighted by Gasteiger charge is -2.36. The van der Waals surface area contributed by atoms with Crippen molar-refractivity contribution >= 4 is 10.2 Å². The van der Waals surface area contributed by atoms with E-state index in [-0.39, 0.29) is 0 Å². The largest absolute Gasteiger partial charge is 0.296 e. The molecule has 1 fully saturated rings. The van der Waals surface area contributed by atoms with Gasteiger partial charge in [-0.25, -0.2) is 0 Å². The van der Waals surface area contributed by atoms with Gasteiger partial charge in [-0.05, 0) is 11.6 Å². The zero-order chi connectivity index (χ0) is 15.3. The fourth-order valence-electron chi connectivity index (χ4n) is 2.58. The maximum atomic E-state index is 12.4. The lowest BCUT2D eigenvalue weighted by atomic mass is 10.2. The Morgan fingerprint density at radius 2 is 1.86 bits per heavy atom. The Kier molecular flexibility index (Phi) is 5.69. The molecular formula is C14H24N4O2S. The third kappa shape index (κ3) is 4.00. The molecule has 1 aromatic rings. The van der Waals surface area contributed by atoms with Crippen LogP contribution in [0.15, 0.2) is 24.5 Å². The molecule has 0 unspecified atom stereocenters. The normalized spacial score (nSPS) is 18.2. The van der Waals surface area contributed by atoms with Crippen molar-refractivity contribution in [2.75, 3.05) is 39.3 Å². The van der Waals surface area contributed by atoms with Crippen LogP contribution in [0.4, 0.5) is 0 Å². The van der Waals surface area contributed by atoms with Gasteiger partial charge in [0.15, 0.2) is 0 Å². The number of hydrogen-bond donors (Lipinski definition) is 0. The van der Waals surface area contributed by atoms with Crippen molar-refractivity contribution in [1.82, 2.24) is 18.5 Å². The van der Waals surface area contributed by atoms with Gasteiger partial charge >= 0.3 is 0 Å². The second-order valence-electron chi connectivity index (χ2n) is 5.13. The van der Waals surface area contributed by atoms with Gasteiger partial charge in [-0.3, -0.25) is 9.88 Å². The first-order valence-electron chi connectivity index (χ1n) is 7.44. The number of pyridine rings is 1. The molecule has 0 saturated carbocycles. The summed E-state index contributed by atoms with van der Waals surface area (Å²) in [6.45, 7) is 8.25. The van der Waals surface area contributed by atoms with Crippen molar-refractivity contribution < 1.29 is 8.42 Å². The number of rotatable bonds is 6. The van der Waals surface area contributed by atoms with Gasteiger partial charge in [-0.1, -0.05) is 19.9 Å². The first-order chi connectivity index (χ1) is 10.1. The maximum absolute atomic E-state index is 12.4. The third-order valence-corrected chi connectivity index (χ3v) is 6.00. The Morgan fingerprint density at radius 3 is 2.38 bits per heavy atom. The molecular weight excluding hydrogens is 288 g/mol. The van der Waals surface area contributed by atoms with Gasteiger partial charge < -0.3 is 0 Å². The molecule has 1 aliphatic heterocycles. The highest BCUT2D eigenvalue weighted by Gasteiger charge is 2.30. The van der Waals surface area contributed by atoms with Crippen LogP contribution in [-0.2, 0) is 16.8 Å². The van der Waals surface area contributed by atoms with E-state index < -0.39 is 10.2 Å². The van der Waals surface area contributed by atoms with E-state index in [1.165, 1.54) is 4.31 Å². The molecule has 0 atom stereocenters. The Bertz CT molecular complexity index is 523. The summed E-state index contributed by atoms with van der Waals surface area (Å²) in [4.78, 5) is 6.38. The van der Waals surface area contributed by atoms with E-state index >= 15 is 0 Å². The van der Waals surface area contributed by atoms with Gasteiger partial charge in [-0.15, -0.1) is 0 Å². The maximum Gasteiger partial charge on any atom is 0.282 e. The Morgan fingerprint density at radius 1 is 1.19 bits per heavy atom. The minimum Gasteiger partial charge on any atom is -0.296 e. The number of hydrogen-bond acceptors (Lipinski definition) is 4. The molecule has 0 N–H and O–H groups in total. The average Bonchev–Trinajstić information content (AvgIpc) is 2.50. The molecule has 6 nitrogen and oxygen atoms in total. The summed E-state index contributed by atoms with van der Waals surface area (Å²) >= 11 is 0. The van der Waals surface area contributed by atoms with Crippen LogP contribution in [0.2, 0.25) is 0 Å². The first kappa shape index (κ1) is 16.4. The minimum absolute atomic E-state index is 0.523. The summed E-state index contributed by atoms with van der Waals surface area (Å²) in [6, 6.07) is 3.97. The van der Waals surface area contributed by atoms with Gasteiger partial charge in [0.1, 0.15) is 0 Å². The monoisotopic (exact) mass is 312 g/mol. The molecule has 1 aromatic heterocycles. The fourth-order valence-corrected chi connectivity index (χ4v) is 4.19. The molecule has 1 aliphatic rings. The number of piperazine rings is 1. The summed E-state index contributed by atoms with van der Waals surface area (Å²) in [5.74, 6) is 0. The average molecular weight is 312 g/mol. The van der Waals surface area contributed by atoms with Gasteiger partial charge in [0.25, 0.3) is 10.2 Å². The molecule has 118 valence electrons. The highest BCUT2D eigenvalue weighted by Crippen LogP contribution is 2.13. The number of aromatic nitrogens is 1. The van der Waals surface area contributed by atoms with Crippen molar-refractivity contribution in [3.05, 3.63) is 30.1 Å². The van der Waals surface area contributed by atoms with Crippen molar-refractivity contribution in [1.29, 1.82) is 0 Å². The lowest BCUT2D eigenvalue weighted by Crippen LogP contribution is -2.52. The van der Waals surface area contributed by atoms with Gasteiger partial charge in [0.05, 0.1) is 0 Å². The summed E-state index contributed by atoms with van der Waals surface area (Å²) in [5, 5.41) is 0. The summed E-state index contributed by atoms with van der Waals surface area (Å²) < 4.78 is 28.0. The van der Waals surface area contributed by atoms with E-state index in [9.17, 15) is 8.42 Å². The molecule has 21 heavy (non-hydrogen) atoms. The molecule has 0 spiro atoms. The van der Waals surface area contributed by atoms with E-state index in [4.69, 9.17) is 0 Å². The fraction of sp³-hybridized carbons (Fsp3) is 0.643. The summed E-state index contributed by atoms with van der Waals surface area (Å²) in [5.41, 5.74) is 1.16. The third-order valence-electron chi connectivity index (χ3n) is 3.82. The van der Waals surface area contributed by atoms with E-state index in [0.29, 0.717) is 26.2 Å². The Hall–Kier alpha value is -1.02. The quantitative estimate of drug-likeness (QED) is 0.779. The minimum atomic E-state index is -3.29. The second-order valence-corrected chi connectivity index (χ2v) is 7.06. The van der Waals surface area contributed by atoms with Crippen LogP contribution in [0.3, 0.4) is 0 Å². The predicted molar refractivity (Wildman–Crippen MR) is 82.9 cm³/mol. The molecule has 1 saturated heterocycles. The van der Waals surface area contributed by atoms with Crippen LogP contribution >= 0.6 is 0 Å². The highest BCUT2D eigenvalue weighted by atomic mass is 32.2. The topological polar surface area (TPSA) is 56.8 Å². The molecule has 0 aliphatic carbocycles. The van der Waals surface area contributed by atoms with Crippen LogP contribution in [-0.4, -0.2) is 66.2 Å². The van der Waals surface area contributed by atoms with Crippen molar-refractivity contribution in [2.45, 2.75) is 20.4 Å². The van der Waals surface area contributed by atoms with E-state index in [2.05, 4.69) is 9.88 Å². The summed E-state index contributed by atoms with van der Waals surface area (Å²) in [7, 11) is -3.29. The molecule has 0 aromatic carbocycles. The second kappa shape index (κ2) is 7.31. The van der Waals surface area contributed by atoms with Gasteiger partial charge in [-0.2, -0.15) is 17.0 Å². The van der Waals surface area contributed by atoms with E-state index in [1.807, 2.05) is 32.2 Å². The van der Waals surface area contributed by atoms with Crippen LogP contribution in [0.5, 0.6) is 0 Å². The van der Waals surface area contributed by atoms with Crippen molar-refractivity contribution in [2.24, 2.45) is 0 Å². The Labute approximate surface area is 127 Å². The van der Waals surface area contributed by atoms with E-state index in [0.717, 1.165) is 25.2 Å². The molecule has 0 amide bonds. The van der Waals surface area contributed by atoms with Crippen LogP contribution in [0.1, 0.15) is 19.4 Å².